The van der Waals surface area contributed by atoms with Crippen molar-refractivity contribution in [2.24, 2.45) is 0 Å². The minimum absolute atomic E-state index is 0.0665. The standard InChI is InChI=1S/C19H17FO4S/c1-19(2)17(14-5-3-12(4-6-14)11-25(22)23)16(18(21)24-19)13-7-9-15(20)10-8-13/h3-10H,11H2,1-2H3,(H,22,23)/p-1. The normalized spacial score (nSPS) is 17.5. The molecule has 0 saturated carbocycles. The molecule has 3 rings (SSSR count). The Balaban J connectivity index is 2.11. The fourth-order valence-electron chi connectivity index (χ4n) is 3.01. The van der Waals surface area contributed by atoms with Crippen molar-refractivity contribution in [1.82, 2.24) is 0 Å². The van der Waals surface area contributed by atoms with Crippen LogP contribution in [0.2, 0.25) is 0 Å². The summed E-state index contributed by atoms with van der Waals surface area (Å²) in [4.78, 5) is 12.4. The highest BCUT2D eigenvalue weighted by Gasteiger charge is 2.41. The quantitative estimate of drug-likeness (QED) is 0.619. The molecule has 0 aromatic heterocycles. The number of carbonyl (C=O) groups is 1. The van der Waals surface area contributed by atoms with Crippen LogP contribution in [0.15, 0.2) is 48.5 Å². The summed E-state index contributed by atoms with van der Waals surface area (Å²) in [6, 6.07) is 12.6. The Bertz CT molecular complexity index is 867. The minimum Gasteiger partial charge on any atom is -0.772 e. The number of benzene rings is 2. The molecular formula is C19H16FO4S-. The van der Waals surface area contributed by atoms with Crippen LogP contribution in [0.25, 0.3) is 11.1 Å². The zero-order valence-electron chi connectivity index (χ0n) is 13.7. The van der Waals surface area contributed by atoms with Crippen LogP contribution < -0.4 is 0 Å². The van der Waals surface area contributed by atoms with E-state index in [1.165, 1.54) is 12.1 Å². The molecule has 1 aliphatic heterocycles. The van der Waals surface area contributed by atoms with Gasteiger partial charge < -0.3 is 9.29 Å². The second kappa shape index (κ2) is 6.54. The molecule has 1 aliphatic rings. The Morgan fingerprint density at radius 3 is 2.16 bits per heavy atom. The third kappa shape index (κ3) is 3.55. The van der Waals surface area contributed by atoms with Crippen molar-refractivity contribution in [3.8, 4) is 0 Å². The first-order valence-electron chi connectivity index (χ1n) is 7.67. The van der Waals surface area contributed by atoms with Crippen molar-refractivity contribution in [3.63, 3.8) is 0 Å². The van der Waals surface area contributed by atoms with Crippen LogP contribution in [0.5, 0.6) is 0 Å². The third-order valence-electron chi connectivity index (χ3n) is 4.06. The Morgan fingerprint density at radius 1 is 1.04 bits per heavy atom. The van der Waals surface area contributed by atoms with Crippen LogP contribution in [-0.4, -0.2) is 20.3 Å². The topological polar surface area (TPSA) is 66.4 Å². The maximum atomic E-state index is 13.2. The van der Waals surface area contributed by atoms with Crippen LogP contribution in [0.4, 0.5) is 4.39 Å². The summed E-state index contributed by atoms with van der Waals surface area (Å²) in [6.45, 7) is 3.58. The fraction of sp³-hybridized carbons (Fsp3) is 0.211. The summed E-state index contributed by atoms with van der Waals surface area (Å²) < 4.78 is 40.3. The number of halogens is 1. The Labute approximate surface area is 147 Å². The molecule has 0 N–H and O–H groups in total. The number of esters is 1. The SMILES string of the molecule is CC1(C)OC(=O)C(c2ccc(F)cc2)=C1c1ccc(CS(=O)[O-])cc1. The largest absolute Gasteiger partial charge is 0.772 e. The van der Waals surface area contributed by atoms with Gasteiger partial charge in [-0.05, 0) is 42.7 Å². The van der Waals surface area contributed by atoms with Crippen molar-refractivity contribution >= 4 is 28.2 Å². The predicted molar refractivity (Wildman–Crippen MR) is 92.5 cm³/mol. The molecule has 0 spiro atoms. The van der Waals surface area contributed by atoms with Gasteiger partial charge in [0.25, 0.3) is 0 Å². The first-order valence-corrected chi connectivity index (χ1v) is 8.91. The summed E-state index contributed by atoms with van der Waals surface area (Å²) in [6.07, 6.45) is 0. The molecule has 1 unspecified atom stereocenters. The van der Waals surface area contributed by atoms with Crippen LogP contribution in [0.1, 0.15) is 30.5 Å². The lowest BCUT2D eigenvalue weighted by atomic mass is 9.86. The van der Waals surface area contributed by atoms with Crippen LogP contribution in [0.3, 0.4) is 0 Å². The second-order valence-electron chi connectivity index (χ2n) is 6.30. The third-order valence-corrected chi connectivity index (χ3v) is 4.63. The Kier molecular flexibility index (Phi) is 4.58. The highest BCUT2D eigenvalue weighted by Crippen LogP contribution is 2.43. The van der Waals surface area contributed by atoms with E-state index in [1.807, 2.05) is 0 Å². The molecule has 0 aliphatic carbocycles. The molecular weight excluding hydrogens is 343 g/mol. The first kappa shape index (κ1) is 17.5. The van der Waals surface area contributed by atoms with Crippen molar-refractivity contribution in [1.29, 1.82) is 0 Å². The molecule has 130 valence electrons. The number of hydrogen-bond donors (Lipinski definition) is 0. The zero-order chi connectivity index (χ0) is 18.2. The van der Waals surface area contributed by atoms with Crippen molar-refractivity contribution < 1.29 is 22.7 Å². The lowest BCUT2D eigenvalue weighted by Crippen LogP contribution is -2.22. The van der Waals surface area contributed by atoms with Crippen LogP contribution in [-0.2, 0) is 26.4 Å². The van der Waals surface area contributed by atoms with Gasteiger partial charge in [0.1, 0.15) is 11.4 Å². The molecule has 1 atom stereocenters. The van der Waals surface area contributed by atoms with Crippen molar-refractivity contribution in [2.45, 2.75) is 25.2 Å². The van der Waals surface area contributed by atoms with Crippen LogP contribution in [0, 0.1) is 5.82 Å². The lowest BCUT2D eigenvalue weighted by molar-refractivity contribution is -0.141. The van der Waals surface area contributed by atoms with Gasteiger partial charge in [-0.1, -0.05) is 47.5 Å². The first-order chi connectivity index (χ1) is 11.8. The summed E-state index contributed by atoms with van der Waals surface area (Å²) in [5.74, 6) is -0.911. The van der Waals surface area contributed by atoms with E-state index in [2.05, 4.69) is 0 Å². The van der Waals surface area contributed by atoms with Gasteiger partial charge in [-0.25, -0.2) is 9.18 Å². The van der Waals surface area contributed by atoms with Gasteiger partial charge in [-0.3, -0.25) is 4.21 Å². The fourth-order valence-corrected chi connectivity index (χ4v) is 3.48. The summed E-state index contributed by atoms with van der Waals surface area (Å²) >= 11 is -2.16. The molecule has 2 aromatic carbocycles. The number of ether oxygens (including phenoxy) is 1. The molecule has 0 fully saturated rings. The average Bonchev–Trinajstić information content (AvgIpc) is 2.77. The monoisotopic (exact) mass is 359 g/mol. The van der Waals surface area contributed by atoms with E-state index in [1.54, 1.807) is 50.2 Å². The summed E-state index contributed by atoms with van der Waals surface area (Å²) in [7, 11) is 0. The van der Waals surface area contributed by atoms with E-state index in [9.17, 15) is 17.9 Å². The van der Waals surface area contributed by atoms with Gasteiger partial charge in [0, 0.05) is 11.3 Å². The average molecular weight is 359 g/mol. The molecule has 0 radical (unpaired) electrons. The molecule has 4 nitrogen and oxygen atoms in total. The molecule has 0 amide bonds. The van der Waals surface area contributed by atoms with Crippen molar-refractivity contribution in [2.75, 3.05) is 0 Å². The lowest BCUT2D eigenvalue weighted by Gasteiger charge is -2.22. The molecule has 0 saturated heterocycles. The Hall–Kier alpha value is -2.31. The van der Waals surface area contributed by atoms with Gasteiger partial charge in [0.15, 0.2) is 0 Å². The summed E-state index contributed by atoms with van der Waals surface area (Å²) in [5.41, 5.74) is 2.24. The molecule has 0 bridgehead atoms. The number of hydrogen-bond acceptors (Lipinski definition) is 4. The number of rotatable bonds is 4. The molecule has 25 heavy (non-hydrogen) atoms. The van der Waals surface area contributed by atoms with Crippen LogP contribution >= 0.6 is 0 Å². The van der Waals surface area contributed by atoms with Gasteiger partial charge in [-0.15, -0.1) is 0 Å². The van der Waals surface area contributed by atoms with E-state index in [4.69, 9.17) is 4.74 Å². The van der Waals surface area contributed by atoms with Gasteiger partial charge in [0.2, 0.25) is 0 Å². The minimum atomic E-state index is -2.16. The molecule has 2 aromatic rings. The van der Waals surface area contributed by atoms with Gasteiger partial charge in [0.05, 0.1) is 5.57 Å². The number of cyclic esters (lactones) is 1. The second-order valence-corrected chi connectivity index (χ2v) is 7.20. The van der Waals surface area contributed by atoms with Gasteiger partial charge >= 0.3 is 5.97 Å². The maximum absolute atomic E-state index is 13.2. The number of carbonyl (C=O) groups excluding carboxylic acids is 1. The van der Waals surface area contributed by atoms with Crippen molar-refractivity contribution in [3.05, 3.63) is 71.0 Å². The molecule has 1 heterocycles. The van der Waals surface area contributed by atoms with E-state index in [0.29, 0.717) is 22.3 Å². The highest BCUT2D eigenvalue weighted by atomic mass is 32.2. The van der Waals surface area contributed by atoms with E-state index < -0.39 is 22.7 Å². The maximum Gasteiger partial charge on any atom is 0.340 e. The molecule has 6 heteroatoms. The Morgan fingerprint density at radius 2 is 1.60 bits per heavy atom. The van der Waals surface area contributed by atoms with E-state index >= 15 is 0 Å². The predicted octanol–water partition coefficient (Wildman–Crippen LogP) is 3.45. The highest BCUT2D eigenvalue weighted by molar-refractivity contribution is 7.78. The van der Waals surface area contributed by atoms with Gasteiger partial charge in [-0.2, -0.15) is 0 Å². The summed E-state index contributed by atoms with van der Waals surface area (Å²) in [5, 5.41) is 0. The van der Waals surface area contributed by atoms with E-state index in [0.717, 1.165) is 5.56 Å². The zero-order valence-corrected chi connectivity index (χ0v) is 14.6. The van der Waals surface area contributed by atoms with E-state index in [-0.39, 0.29) is 11.6 Å². The smallest absolute Gasteiger partial charge is 0.340 e.